The van der Waals surface area contributed by atoms with Gasteiger partial charge in [-0.05, 0) is 25.5 Å². The second-order valence-electron chi connectivity index (χ2n) is 5.53. The van der Waals surface area contributed by atoms with E-state index in [0.29, 0.717) is 12.2 Å². The summed E-state index contributed by atoms with van der Waals surface area (Å²) in [6, 6.07) is 7.87. The molecule has 0 radical (unpaired) electrons. The number of rotatable bonds is 4. The van der Waals surface area contributed by atoms with E-state index in [1.54, 1.807) is 0 Å². The number of aryl methyl sites for hydroxylation is 2. The molecule has 1 aromatic carbocycles. The molecule has 6 heteroatoms. The van der Waals surface area contributed by atoms with E-state index in [9.17, 15) is 4.79 Å². The Labute approximate surface area is 128 Å². The van der Waals surface area contributed by atoms with E-state index in [-0.39, 0.29) is 11.9 Å². The Bertz CT molecular complexity index is 817. The summed E-state index contributed by atoms with van der Waals surface area (Å²) < 4.78 is 2.04. The summed E-state index contributed by atoms with van der Waals surface area (Å²) in [5.41, 5.74) is 2.15. The van der Waals surface area contributed by atoms with Crippen molar-refractivity contribution in [2.75, 3.05) is 0 Å². The molecule has 1 amide bonds. The minimum Gasteiger partial charge on any atom is -0.350 e. The van der Waals surface area contributed by atoms with Crippen molar-refractivity contribution in [1.29, 1.82) is 0 Å². The predicted octanol–water partition coefficient (Wildman–Crippen LogP) is 2.02. The van der Waals surface area contributed by atoms with Crippen molar-refractivity contribution in [1.82, 2.24) is 25.1 Å². The number of carbonyl (C=O) groups excluding carboxylic acids is 1. The summed E-state index contributed by atoms with van der Waals surface area (Å²) in [6.45, 7) is 3.71. The van der Waals surface area contributed by atoms with Gasteiger partial charge < -0.3 is 9.88 Å². The largest absolute Gasteiger partial charge is 0.350 e. The summed E-state index contributed by atoms with van der Waals surface area (Å²) in [4.78, 5) is 16.5. The highest BCUT2D eigenvalue weighted by molar-refractivity contribution is 5.89. The van der Waals surface area contributed by atoms with E-state index in [1.807, 2.05) is 49.9 Å². The average Bonchev–Trinajstić information content (AvgIpc) is 3.04. The Kier molecular flexibility index (Phi) is 3.66. The molecule has 1 atom stereocenters. The van der Waals surface area contributed by atoms with Crippen molar-refractivity contribution >= 4 is 16.8 Å². The lowest BCUT2D eigenvalue weighted by molar-refractivity contribution is -0.121. The van der Waals surface area contributed by atoms with E-state index in [2.05, 4.69) is 26.6 Å². The van der Waals surface area contributed by atoms with Gasteiger partial charge in [-0.15, -0.1) is 0 Å². The molecule has 0 aliphatic carbocycles. The van der Waals surface area contributed by atoms with E-state index in [0.717, 1.165) is 22.3 Å². The maximum absolute atomic E-state index is 12.3. The number of H-pyrrole nitrogens is 1. The van der Waals surface area contributed by atoms with Crippen LogP contribution in [0.5, 0.6) is 0 Å². The number of fused-ring (bicyclic) bond motifs is 1. The zero-order chi connectivity index (χ0) is 15.7. The third kappa shape index (κ3) is 2.72. The molecule has 0 fully saturated rings. The van der Waals surface area contributed by atoms with Crippen molar-refractivity contribution < 1.29 is 4.79 Å². The number of para-hydroxylation sites is 1. The van der Waals surface area contributed by atoms with Crippen molar-refractivity contribution in [2.45, 2.75) is 26.3 Å². The molecular formula is C16H19N5O. The lowest BCUT2D eigenvalue weighted by Gasteiger charge is -2.10. The van der Waals surface area contributed by atoms with Gasteiger partial charge in [0.25, 0.3) is 0 Å². The number of aromatic nitrogens is 4. The van der Waals surface area contributed by atoms with Crippen LogP contribution in [0.1, 0.15) is 30.2 Å². The Morgan fingerprint density at radius 1 is 1.41 bits per heavy atom. The Hall–Kier alpha value is -2.63. The second kappa shape index (κ2) is 5.63. The van der Waals surface area contributed by atoms with Gasteiger partial charge >= 0.3 is 0 Å². The number of amides is 1. The third-order valence-corrected chi connectivity index (χ3v) is 3.71. The van der Waals surface area contributed by atoms with E-state index in [4.69, 9.17) is 0 Å². The molecule has 1 unspecified atom stereocenters. The van der Waals surface area contributed by atoms with Gasteiger partial charge in [-0.3, -0.25) is 9.89 Å². The first-order valence-corrected chi connectivity index (χ1v) is 7.26. The van der Waals surface area contributed by atoms with Gasteiger partial charge in [-0.1, -0.05) is 18.2 Å². The van der Waals surface area contributed by atoms with Crippen LogP contribution < -0.4 is 5.32 Å². The Morgan fingerprint density at radius 3 is 2.91 bits per heavy atom. The topological polar surface area (TPSA) is 75.6 Å². The molecule has 0 spiro atoms. The van der Waals surface area contributed by atoms with Crippen LogP contribution in [0.3, 0.4) is 0 Å². The molecule has 0 bridgehead atoms. The second-order valence-corrected chi connectivity index (χ2v) is 5.53. The minimum absolute atomic E-state index is 0.0358. The van der Waals surface area contributed by atoms with Crippen LogP contribution in [0.4, 0.5) is 0 Å². The lowest BCUT2D eigenvalue weighted by Crippen LogP contribution is -2.28. The molecule has 2 N–H and O–H groups in total. The van der Waals surface area contributed by atoms with Crippen LogP contribution in [0, 0.1) is 6.92 Å². The molecular weight excluding hydrogens is 278 g/mol. The van der Waals surface area contributed by atoms with Gasteiger partial charge in [0.2, 0.25) is 5.91 Å². The van der Waals surface area contributed by atoms with Crippen molar-refractivity contribution in [2.24, 2.45) is 7.05 Å². The molecule has 3 aromatic rings. The fourth-order valence-electron chi connectivity index (χ4n) is 2.65. The average molecular weight is 297 g/mol. The maximum atomic E-state index is 12.3. The van der Waals surface area contributed by atoms with Crippen LogP contribution in [0.25, 0.3) is 10.9 Å². The number of nitrogens with zero attached hydrogens (tertiary/aromatic N) is 3. The fraction of sp³-hybridized carbons (Fsp3) is 0.312. The predicted molar refractivity (Wildman–Crippen MR) is 84.3 cm³/mol. The van der Waals surface area contributed by atoms with Gasteiger partial charge in [0, 0.05) is 24.1 Å². The molecule has 2 aromatic heterocycles. The van der Waals surface area contributed by atoms with Crippen LogP contribution in [-0.4, -0.2) is 25.7 Å². The first kappa shape index (κ1) is 14.3. The highest BCUT2D eigenvalue weighted by Crippen LogP contribution is 2.20. The quantitative estimate of drug-likeness (QED) is 0.773. The van der Waals surface area contributed by atoms with Crippen LogP contribution >= 0.6 is 0 Å². The smallest absolute Gasteiger partial charge is 0.225 e. The standard InChI is InChI=1S/C16H19N5O/c1-10(16-18-11(2)19-20-16)17-15(22)8-12-9-21(3)14-7-5-4-6-13(12)14/h4-7,9-10H,8H2,1-3H3,(H,17,22)(H,18,19,20). The molecule has 0 saturated heterocycles. The van der Waals surface area contributed by atoms with Crippen LogP contribution in [0.15, 0.2) is 30.5 Å². The molecule has 0 aliphatic rings. The summed E-state index contributed by atoms with van der Waals surface area (Å²) in [6.07, 6.45) is 2.35. The lowest BCUT2D eigenvalue weighted by atomic mass is 10.1. The van der Waals surface area contributed by atoms with Gasteiger partial charge in [-0.2, -0.15) is 5.10 Å². The van der Waals surface area contributed by atoms with E-state index >= 15 is 0 Å². The highest BCUT2D eigenvalue weighted by atomic mass is 16.1. The van der Waals surface area contributed by atoms with Crippen molar-refractivity contribution in [3.63, 3.8) is 0 Å². The number of nitrogens with one attached hydrogen (secondary N) is 2. The third-order valence-electron chi connectivity index (χ3n) is 3.71. The summed E-state index contributed by atoms with van der Waals surface area (Å²) in [5, 5.41) is 10.9. The Balaban J connectivity index is 1.73. The molecule has 6 nitrogen and oxygen atoms in total. The summed E-state index contributed by atoms with van der Waals surface area (Å²) in [7, 11) is 1.99. The maximum Gasteiger partial charge on any atom is 0.225 e. The van der Waals surface area contributed by atoms with Crippen LogP contribution in [-0.2, 0) is 18.3 Å². The minimum atomic E-state index is -0.215. The Morgan fingerprint density at radius 2 is 2.18 bits per heavy atom. The molecule has 2 heterocycles. The van der Waals surface area contributed by atoms with Crippen LogP contribution in [0.2, 0.25) is 0 Å². The number of carbonyl (C=O) groups is 1. The van der Waals surface area contributed by atoms with Crippen molar-refractivity contribution in [3.8, 4) is 0 Å². The number of benzene rings is 1. The highest BCUT2D eigenvalue weighted by Gasteiger charge is 2.15. The molecule has 22 heavy (non-hydrogen) atoms. The first-order valence-electron chi connectivity index (χ1n) is 7.26. The molecule has 114 valence electrons. The van der Waals surface area contributed by atoms with Gasteiger partial charge in [-0.25, -0.2) is 4.98 Å². The molecule has 0 aliphatic heterocycles. The first-order chi connectivity index (χ1) is 10.5. The van der Waals surface area contributed by atoms with Gasteiger partial charge in [0.1, 0.15) is 5.82 Å². The van der Waals surface area contributed by atoms with Crippen molar-refractivity contribution in [3.05, 3.63) is 47.7 Å². The van der Waals surface area contributed by atoms with Gasteiger partial charge in [0.15, 0.2) is 5.82 Å². The van der Waals surface area contributed by atoms with E-state index in [1.165, 1.54) is 0 Å². The number of hydrogen-bond donors (Lipinski definition) is 2. The zero-order valence-electron chi connectivity index (χ0n) is 12.9. The molecule has 3 rings (SSSR count). The van der Waals surface area contributed by atoms with Gasteiger partial charge in [0.05, 0.1) is 12.5 Å². The summed E-state index contributed by atoms with van der Waals surface area (Å²) in [5.74, 6) is 1.31. The number of hydrogen-bond acceptors (Lipinski definition) is 3. The fourth-order valence-corrected chi connectivity index (χ4v) is 2.65. The molecule has 0 saturated carbocycles. The van der Waals surface area contributed by atoms with E-state index < -0.39 is 0 Å². The number of aromatic amines is 1. The monoisotopic (exact) mass is 297 g/mol. The zero-order valence-corrected chi connectivity index (χ0v) is 12.9. The summed E-state index contributed by atoms with van der Waals surface area (Å²) >= 11 is 0. The normalized spacial score (nSPS) is 12.5. The SMILES string of the molecule is Cc1nc(C(C)NC(=O)Cc2cn(C)c3ccccc23)n[nH]1.